The molecule has 1 amide bonds. The fraction of sp³-hybridized carbons (Fsp3) is 0.0455. The molecule has 3 rings (SSSR count). The second kappa shape index (κ2) is 8.85. The van der Waals surface area contributed by atoms with E-state index in [1.165, 1.54) is 12.6 Å². The SMILES string of the molecule is COC(=O)N/C(=C\Cl)[P+](c1ccccc1)(c1ccccc1)c1ccccc1. The molecule has 0 aliphatic carbocycles. The Kier molecular flexibility index (Phi) is 6.28. The maximum Gasteiger partial charge on any atom is 0.413 e. The lowest BCUT2D eigenvalue weighted by atomic mass is 10.4. The van der Waals surface area contributed by atoms with Gasteiger partial charge in [-0.3, -0.25) is 5.32 Å². The van der Waals surface area contributed by atoms with Crippen molar-refractivity contribution >= 4 is 40.9 Å². The van der Waals surface area contributed by atoms with Gasteiger partial charge in [-0.25, -0.2) is 4.79 Å². The number of methoxy groups -OCH3 is 1. The lowest BCUT2D eigenvalue weighted by molar-refractivity contribution is 0.175. The summed E-state index contributed by atoms with van der Waals surface area (Å²) in [5.74, 6) is 0. The molecule has 0 radical (unpaired) electrons. The van der Waals surface area contributed by atoms with Gasteiger partial charge in [0.15, 0.2) is 12.7 Å². The first-order valence-electron chi connectivity index (χ1n) is 8.45. The van der Waals surface area contributed by atoms with Gasteiger partial charge in [0.2, 0.25) is 0 Å². The molecule has 1 N–H and O–H groups in total. The molecule has 3 aromatic carbocycles. The Morgan fingerprint density at radius 2 is 1.19 bits per heavy atom. The number of rotatable bonds is 5. The van der Waals surface area contributed by atoms with Crippen molar-refractivity contribution < 1.29 is 9.53 Å². The van der Waals surface area contributed by atoms with Crippen LogP contribution in [0.25, 0.3) is 0 Å². The summed E-state index contributed by atoms with van der Waals surface area (Å²) in [6.07, 6.45) is -0.547. The van der Waals surface area contributed by atoms with Gasteiger partial charge in [-0.05, 0) is 36.4 Å². The minimum atomic E-state index is -2.41. The number of alkyl carbamates (subject to hydrolysis) is 1. The van der Waals surface area contributed by atoms with Gasteiger partial charge in [0.25, 0.3) is 0 Å². The number of ether oxygens (including phenoxy) is 1. The highest BCUT2D eigenvalue weighted by Gasteiger charge is 2.50. The van der Waals surface area contributed by atoms with Crippen LogP contribution in [-0.2, 0) is 4.74 Å². The standard InChI is InChI=1S/C22H19ClNO2P/c1-26-22(25)24-21(17-23)27(18-11-5-2-6-12-18,19-13-7-3-8-14-19)20-15-9-4-10-16-20/h2-17H,1H3/p+1/b21-17+. The van der Waals surface area contributed by atoms with E-state index in [1.54, 1.807) is 0 Å². The van der Waals surface area contributed by atoms with Crippen LogP contribution < -0.4 is 21.2 Å². The van der Waals surface area contributed by atoms with E-state index in [4.69, 9.17) is 16.3 Å². The molecule has 136 valence electrons. The molecule has 3 aromatic rings. The van der Waals surface area contributed by atoms with Crippen LogP contribution in [0.5, 0.6) is 0 Å². The normalized spacial score (nSPS) is 11.7. The van der Waals surface area contributed by atoms with Gasteiger partial charge in [0, 0.05) is 0 Å². The summed E-state index contributed by atoms with van der Waals surface area (Å²) in [5.41, 5.74) is 2.08. The Morgan fingerprint density at radius 1 is 0.815 bits per heavy atom. The van der Waals surface area contributed by atoms with Crippen molar-refractivity contribution in [1.29, 1.82) is 0 Å². The monoisotopic (exact) mass is 396 g/mol. The van der Waals surface area contributed by atoms with Crippen molar-refractivity contribution in [3.63, 3.8) is 0 Å². The number of carbonyl (C=O) groups is 1. The van der Waals surface area contributed by atoms with Crippen LogP contribution in [-0.4, -0.2) is 13.2 Å². The topological polar surface area (TPSA) is 38.3 Å². The van der Waals surface area contributed by atoms with Gasteiger partial charge in [-0.1, -0.05) is 66.2 Å². The Hall–Kier alpha value is -2.61. The van der Waals surface area contributed by atoms with Crippen molar-refractivity contribution in [2.24, 2.45) is 0 Å². The number of nitrogens with one attached hydrogen (secondary N) is 1. The summed E-state index contributed by atoms with van der Waals surface area (Å²) in [6.45, 7) is 0. The molecule has 0 heterocycles. The zero-order valence-corrected chi connectivity index (χ0v) is 16.5. The van der Waals surface area contributed by atoms with Crippen LogP contribution in [0.1, 0.15) is 0 Å². The highest BCUT2D eigenvalue weighted by molar-refractivity contribution is 7.99. The van der Waals surface area contributed by atoms with Crippen LogP contribution in [0.3, 0.4) is 0 Å². The molecular weight excluding hydrogens is 377 g/mol. The predicted octanol–water partition coefficient (Wildman–Crippen LogP) is 4.37. The molecule has 0 saturated heterocycles. The number of hydrogen-bond acceptors (Lipinski definition) is 2. The number of amides is 1. The maximum absolute atomic E-state index is 12.1. The highest BCUT2D eigenvalue weighted by Crippen LogP contribution is 2.61. The molecule has 3 nitrogen and oxygen atoms in total. The summed E-state index contributed by atoms with van der Waals surface area (Å²) in [4.78, 5) is 12.1. The van der Waals surface area contributed by atoms with E-state index in [0.717, 1.165) is 15.9 Å². The van der Waals surface area contributed by atoms with E-state index in [9.17, 15) is 4.79 Å². The molecule has 0 atom stereocenters. The Labute approximate surface area is 165 Å². The van der Waals surface area contributed by atoms with Gasteiger partial charge < -0.3 is 4.74 Å². The Morgan fingerprint density at radius 3 is 1.48 bits per heavy atom. The summed E-state index contributed by atoms with van der Waals surface area (Å²) in [7, 11) is -1.07. The number of hydrogen-bond donors (Lipinski definition) is 1. The highest BCUT2D eigenvalue weighted by atomic mass is 35.5. The third-order valence-corrected chi connectivity index (χ3v) is 8.86. The summed E-state index contributed by atoms with van der Waals surface area (Å²) < 4.78 is 4.85. The average Bonchev–Trinajstić information content (AvgIpc) is 2.75. The molecule has 0 aromatic heterocycles. The third kappa shape index (κ3) is 3.75. The summed E-state index contributed by atoms with van der Waals surface area (Å²) >= 11 is 6.30. The van der Waals surface area contributed by atoms with E-state index in [0.29, 0.717) is 5.44 Å². The molecule has 0 unspecified atom stereocenters. The van der Waals surface area contributed by atoms with Gasteiger partial charge in [0.1, 0.15) is 15.9 Å². The molecule has 0 aliphatic heterocycles. The number of benzene rings is 3. The largest absolute Gasteiger partial charge is 0.453 e. The first kappa shape index (κ1) is 19.2. The van der Waals surface area contributed by atoms with Crippen molar-refractivity contribution in [3.8, 4) is 0 Å². The number of halogens is 1. The first-order chi connectivity index (χ1) is 13.2. The fourth-order valence-electron chi connectivity index (χ4n) is 3.16. The molecule has 0 aliphatic rings. The maximum atomic E-state index is 12.1. The van der Waals surface area contributed by atoms with Crippen molar-refractivity contribution in [2.75, 3.05) is 7.11 Å². The zero-order chi connectivity index (χ0) is 19.1. The minimum absolute atomic E-state index is 0.547. The molecule has 27 heavy (non-hydrogen) atoms. The molecule has 0 bridgehead atoms. The molecule has 5 heteroatoms. The second-order valence-corrected chi connectivity index (χ2v) is 9.38. The predicted molar refractivity (Wildman–Crippen MR) is 115 cm³/mol. The van der Waals surface area contributed by atoms with Gasteiger partial charge >= 0.3 is 6.09 Å². The van der Waals surface area contributed by atoms with Crippen LogP contribution in [0, 0.1) is 0 Å². The van der Waals surface area contributed by atoms with E-state index < -0.39 is 13.4 Å². The first-order valence-corrected chi connectivity index (χ1v) is 10.7. The molecule has 0 saturated carbocycles. The second-order valence-electron chi connectivity index (χ2n) is 5.79. The smallest absolute Gasteiger partial charge is 0.413 e. The Balaban J connectivity index is 2.37. The Bertz CT molecular complexity index is 818. The van der Waals surface area contributed by atoms with Crippen molar-refractivity contribution in [2.45, 2.75) is 0 Å². The third-order valence-electron chi connectivity index (χ3n) is 4.31. The van der Waals surface area contributed by atoms with Crippen LogP contribution in [0.2, 0.25) is 0 Å². The minimum Gasteiger partial charge on any atom is -0.453 e. The van der Waals surface area contributed by atoms with E-state index in [-0.39, 0.29) is 0 Å². The van der Waals surface area contributed by atoms with Crippen molar-refractivity contribution in [3.05, 3.63) is 102 Å². The van der Waals surface area contributed by atoms with Gasteiger partial charge in [-0.15, -0.1) is 0 Å². The van der Waals surface area contributed by atoms with Crippen LogP contribution >= 0.6 is 18.9 Å². The summed E-state index contributed by atoms with van der Waals surface area (Å²) in [6, 6.07) is 30.4. The van der Waals surface area contributed by atoms with E-state index in [1.807, 2.05) is 54.6 Å². The molecule has 0 fully saturated rings. The van der Waals surface area contributed by atoms with Crippen LogP contribution in [0.4, 0.5) is 4.79 Å². The van der Waals surface area contributed by atoms with Gasteiger partial charge in [0.05, 0.1) is 12.6 Å². The summed E-state index contributed by atoms with van der Waals surface area (Å²) in [5, 5.41) is 6.14. The van der Waals surface area contributed by atoms with Gasteiger partial charge in [-0.2, -0.15) is 0 Å². The zero-order valence-electron chi connectivity index (χ0n) is 14.9. The lowest BCUT2D eigenvalue weighted by Crippen LogP contribution is -2.38. The number of carbonyl (C=O) groups excluding carboxylic acids is 1. The quantitative estimate of drug-likeness (QED) is 0.650. The fourth-order valence-corrected chi connectivity index (χ4v) is 7.65. The lowest BCUT2D eigenvalue weighted by Gasteiger charge is -2.28. The molecular formula is C22H20ClNO2P+. The average molecular weight is 397 g/mol. The molecule has 0 spiro atoms. The van der Waals surface area contributed by atoms with E-state index in [2.05, 4.69) is 41.7 Å². The van der Waals surface area contributed by atoms with E-state index >= 15 is 0 Å². The van der Waals surface area contributed by atoms with Crippen molar-refractivity contribution in [1.82, 2.24) is 5.32 Å². The van der Waals surface area contributed by atoms with Crippen LogP contribution in [0.15, 0.2) is 102 Å².